The number of hydrogen-bond acceptors (Lipinski definition) is 2. The number of aromatic nitrogens is 2. The number of benzene rings is 1. The Kier molecular flexibility index (Phi) is 4.50. The van der Waals surface area contributed by atoms with E-state index in [0.717, 1.165) is 19.5 Å². The maximum absolute atomic E-state index is 12.8. The quantitative estimate of drug-likeness (QED) is 0.569. The molecule has 1 aliphatic carbocycles. The van der Waals surface area contributed by atoms with Gasteiger partial charge in [-0.25, -0.2) is 0 Å². The van der Waals surface area contributed by atoms with Crippen LogP contribution in [-0.4, -0.2) is 15.7 Å². The van der Waals surface area contributed by atoms with E-state index >= 15 is 0 Å². The maximum atomic E-state index is 12.8. The van der Waals surface area contributed by atoms with E-state index in [1.54, 1.807) is 4.68 Å². The minimum absolute atomic E-state index is 0.0859. The number of rotatable bonds is 2. The third kappa shape index (κ3) is 2.92. The molecule has 23 heavy (non-hydrogen) atoms. The van der Waals surface area contributed by atoms with Gasteiger partial charge < -0.3 is 5.32 Å². The molecule has 1 aromatic carbocycles. The zero-order valence-electron chi connectivity index (χ0n) is 13.6. The number of carbonyl (C=O) groups is 1. The zero-order valence-corrected chi connectivity index (χ0v) is 17.9. The highest BCUT2D eigenvalue weighted by Gasteiger charge is 2.36. The Morgan fingerprint density at radius 1 is 1.39 bits per heavy atom. The van der Waals surface area contributed by atoms with Crippen LogP contribution in [0.3, 0.4) is 0 Å². The van der Waals surface area contributed by atoms with Gasteiger partial charge >= 0.3 is 0 Å². The molecule has 1 heterocycles. The second-order valence-electron chi connectivity index (χ2n) is 6.79. The first kappa shape index (κ1) is 17.2. The van der Waals surface area contributed by atoms with Crippen molar-refractivity contribution in [3.63, 3.8) is 0 Å². The van der Waals surface area contributed by atoms with Crippen LogP contribution in [0.5, 0.6) is 0 Å². The summed E-state index contributed by atoms with van der Waals surface area (Å²) in [7, 11) is 1.85. The van der Waals surface area contributed by atoms with Crippen molar-refractivity contribution >= 4 is 56.8 Å². The lowest BCUT2D eigenvalue weighted by Gasteiger charge is -2.19. The molecule has 1 atom stereocenters. The van der Waals surface area contributed by atoms with Crippen molar-refractivity contribution in [3.8, 4) is 0 Å². The average molecular weight is 535 g/mol. The topological polar surface area (TPSA) is 46.9 Å². The van der Waals surface area contributed by atoms with Crippen LogP contribution in [-0.2, 0) is 12.5 Å². The molecule has 4 nitrogen and oxygen atoms in total. The van der Waals surface area contributed by atoms with E-state index in [-0.39, 0.29) is 11.3 Å². The standard InChI is InChI=1S/C17H19I2N3O/c1-9-8-17(2,3)10-6-5-7-11(12(9)10)20-16(23)13-14(18)21-22(4)15(13)19/h5-7,9H,8H2,1-4H3,(H,20,23). The van der Waals surface area contributed by atoms with Crippen LogP contribution in [0.15, 0.2) is 18.2 Å². The molecule has 0 radical (unpaired) electrons. The highest BCUT2D eigenvalue weighted by Crippen LogP contribution is 2.48. The molecule has 0 bridgehead atoms. The average Bonchev–Trinajstić information content (AvgIpc) is 2.84. The van der Waals surface area contributed by atoms with Crippen LogP contribution >= 0.6 is 45.2 Å². The first-order chi connectivity index (χ1) is 10.7. The van der Waals surface area contributed by atoms with E-state index in [0.29, 0.717) is 11.5 Å². The van der Waals surface area contributed by atoms with Gasteiger partial charge in [0.05, 0.1) is 0 Å². The number of amides is 1. The molecule has 3 rings (SSSR count). The fourth-order valence-corrected chi connectivity index (χ4v) is 5.57. The second kappa shape index (κ2) is 6.02. The van der Waals surface area contributed by atoms with Gasteiger partial charge in [0, 0.05) is 12.7 Å². The molecule has 1 unspecified atom stereocenters. The van der Waals surface area contributed by atoms with Crippen LogP contribution in [0, 0.1) is 7.40 Å². The molecule has 1 aliphatic rings. The summed E-state index contributed by atoms with van der Waals surface area (Å²) in [4.78, 5) is 12.8. The maximum Gasteiger partial charge on any atom is 0.261 e. The number of anilines is 1. The van der Waals surface area contributed by atoms with Gasteiger partial charge in [-0.1, -0.05) is 32.9 Å². The smallest absolute Gasteiger partial charge is 0.261 e. The molecule has 0 spiro atoms. The fraction of sp³-hybridized carbons (Fsp3) is 0.412. The van der Waals surface area contributed by atoms with Gasteiger partial charge in [0.1, 0.15) is 13.0 Å². The van der Waals surface area contributed by atoms with Crippen LogP contribution in [0.4, 0.5) is 5.69 Å². The molecule has 1 N–H and O–H groups in total. The van der Waals surface area contributed by atoms with Gasteiger partial charge in [0.2, 0.25) is 0 Å². The third-order valence-electron chi connectivity index (χ3n) is 4.55. The molecule has 0 fully saturated rings. The van der Waals surface area contributed by atoms with E-state index in [4.69, 9.17) is 0 Å². The summed E-state index contributed by atoms with van der Waals surface area (Å²) in [6.07, 6.45) is 1.11. The van der Waals surface area contributed by atoms with Crippen molar-refractivity contribution in [1.29, 1.82) is 0 Å². The lowest BCUT2D eigenvalue weighted by atomic mass is 9.86. The van der Waals surface area contributed by atoms with E-state index in [1.807, 2.05) is 19.2 Å². The normalized spacial score (nSPS) is 18.8. The third-order valence-corrected chi connectivity index (χ3v) is 6.55. The monoisotopic (exact) mass is 535 g/mol. The van der Waals surface area contributed by atoms with Crippen molar-refractivity contribution in [3.05, 3.63) is 42.3 Å². The molecular weight excluding hydrogens is 516 g/mol. The Labute approximate surface area is 163 Å². The Bertz CT molecular complexity index is 795. The Morgan fingerprint density at radius 3 is 2.70 bits per heavy atom. The number of nitrogens with one attached hydrogen (secondary N) is 1. The van der Waals surface area contributed by atoms with Gasteiger partial charge in [-0.15, -0.1) is 0 Å². The Balaban J connectivity index is 1.99. The minimum atomic E-state index is -0.0859. The van der Waals surface area contributed by atoms with E-state index in [2.05, 4.69) is 82.4 Å². The van der Waals surface area contributed by atoms with Gasteiger partial charge in [0.25, 0.3) is 5.91 Å². The second-order valence-corrected chi connectivity index (χ2v) is 8.83. The van der Waals surface area contributed by atoms with Crippen molar-refractivity contribution in [2.45, 2.75) is 38.5 Å². The largest absolute Gasteiger partial charge is 0.322 e. The number of nitrogens with zero attached hydrogens (tertiary/aromatic N) is 2. The summed E-state index contributed by atoms with van der Waals surface area (Å²) >= 11 is 4.28. The number of carbonyl (C=O) groups excluding carboxylic acids is 1. The highest BCUT2D eigenvalue weighted by atomic mass is 127. The Hall–Kier alpha value is -0.640. The summed E-state index contributed by atoms with van der Waals surface area (Å²) in [5.41, 5.74) is 4.36. The van der Waals surface area contributed by atoms with E-state index in [9.17, 15) is 4.79 Å². The van der Waals surface area contributed by atoms with Gasteiger partial charge in [-0.3, -0.25) is 9.48 Å². The molecule has 2 aromatic rings. The zero-order chi connectivity index (χ0) is 16.9. The van der Waals surface area contributed by atoms with Crippen LogP contribution < -0.4 is 5.32 Å². The predicted octanol–water partition coefficient (Wildman–Crippen LogP) is 4.67. The minimum Gasteiger partial charge on any atom is -0.322 e. The van der Waals surface area contributed by atoms with Gasteiger partial charge in [-0.05, 0) is 80.1 Å². The molecule has 0 saturated carbocycles. The van der Waals surface area contributed by atoms with Crippen molar-refractivity contribution < 1.29 is 4.79 Å². The van der Waals surface area contributed by atoms with Crippen LogP contribution in [0.1, 0.15) is 54.6 Å². The van der Waals surface area contributed by atoms with Gasteiger partial charge in [0.15, 0.2) is 0 Å². The number of fused-ring (bicyclic) bond motifs is 1. The number of aryl methyl sites for hydroxylation is 1. The molecule has 0 aliphatic heterocycles. The van der Waals surface area contributed by atoms with Crippen LogP contribution in [0.25, 0.3) is 0 Å². The summed E-state index contributed by atoms with van der Waals surface area (Å²) < 4.78 is 3.32. The predicted molar refractivity (Wildman–Crippen MR) is 109 cm³/mol. The van der Waals surface area contributed by atoms with E-state index in [1.165, 1.54) is 11.1 Å². The van der Waals surface area contributed by atoms with Crippen molar-refractivity contribution in [2.75, 3.05) is 5.32 Å². The molecule has 122 valence electrons. The van der Waals surface area contributed by atoms with Crippen LogP contribution in [0.2, 0.25) is 0 Å². The molecule has 1 amide bonds. The summed E-state index contributed by atoms with van der Waals surface area (Å²) in [6.45, 7) is 6.78. The number of halogens is 2. The molecule has 0 saturated heterocycles. The van der Waals surface area contributed by atoms with Gasteiger partial charge in [-0.2, -0.15) is 5.10 Å². The fourth-order valence-electron chi connectivity index (χ4n) is 3.62. The summed E-state index contributed by atoms with van der Waals surface area (Å²) in [5, 5.41) is 7.44. The first-order valence-electron chi connectivity index (χ1n) is 7.55. The number of hydrogen-bond donors (Lipinski definition) is 1. The molecule has 1 aromatic heterocycles. The first-order valence-corrected chi connectivity index (χ1v) is 9.71. The molecule has 6 heteroatoms. The molecular formula is C17H19I2N3O. The lowest BCUT2D eigenvalue weighted by Crippen LogP contribution is -2.16. The SMILES string of the molecule is CC1CC(C)(C)c2cccc(NC(=O)c3c(I)nn(C)c3I)c21. The summed E-state index contributed by atoms with van der Waals surface area (Å²) in [5.74, 6) is 0.362. The van der Waals surface area contributed by atoms with Crippen molar-refractivity contribution in [2.24, 2.45) is 7.05 Å². The Morgan fingerprint density at radius 2 is 2.09 bits per heavy atom. The summed E-state index contributed by atoms with van der Waals surface area (Å²) in [6, 6.07) is 6.23. The van der Waals surface area contributed by atoms with Crippen molar-refractivity contribution in [1.82, 2.24) is 9.78 Å². The van der Waals surface area contributed by atoms with E-state index < -0.39 is 0 Å². The highest BCUT2D eigenvalue weighted by molar-refractivity contribution is 14.1. The lowest BCUT2D eigenvalue weighted by molar-refractivity contribution is 0.102.